The van der Waals surface area contributed by atoms with E-state index in [2.05, 4.69) is 27.5 Å². The first-order chi connectivity index (χ1) is 7.30. The predicted octanol–water partition coefficient (Wildman–Crippen LogP) is 0.848. The number of hydrogen-bond acceptors (Lipinski definition) is 3. The zero-order valence-electron chi connectivity index (χ0n) is 9.48. The average Bonchev–Trinajstić information content (AvgIpc) is 2.15. The third kappa shape index (κ3) is 3.88. The summed E-state index contributed by atoms with van der Waals surface area (Å²) in [5, 5.41) is 0. The Labute approximate surface area is 105 Å². The highest BCUT2D eigenvalue weighted by molar-refractivity contribution is 9.11. The normalized spacial score (nSPS) is 19.9. The Hall–Kier alpha value is -0.400. The lowest BCUT2D eigenvalue weighted by molar-refractivity contribution is 0.266. The SMILES string of the molecule is C=C(Br)/N=C(\C)N1CCN(S(C)(=O)=O)CC1. The molecule has 0 aromatic rings. The minimum atomic E-state index is -3.06. The Balaban J connectivity index is 2.59. The van der Waals surface area contributed by atoms with Gasteiger partial charge in [0.1, 0.15) is 10.4 Å². The fourth-order valence-electron chi connectivity index (χ4n) is 1.59. The van der Waals surface area contributed by atoms with E-state index in [1.807, 2.05) is 11.8 Å². The van der Waals surface area contributed by atoms with Gasteiger partial charge in [-0.05, 0) is 22.9 Å². The number of hydrogen-bond donors (Lipinski definition) is 0. The van der Waals surface area contributed by atoms with Gasteiger partial charge in [-0.25, -0.2) is 13.4 Å². The molecule has 0 aromatic carbocycles. The number of halogens is 1. The van der Waals surface area contributed by atoms with E-state index in [9.17, 15) is 8.42 Å². The van der Waals surface area contributed by atoms with Crippen molar-refractivity contribution < 1.29 is 8.42 Å². The van der Waals surface area contributed by atoms with Crippen molar-refractivity contribution >= 4 is 31.8 Å². The van der Waals surface area contributed by atoms with E-state index in [1.165, 1.54) is 10.6 Å². The largest absolute Gasteiger partial charge is 0.358 e. The van der Waals surface area contributed by atoms with Crippen molar-refractivity contribution in [1.29, 1.82) is 0 Å². The van der Waals surface area contributed by atoms with E-state index in [-0.39, 0.29) is 0 Å². The van der Waals surface area contributed by atoms with Crippen molar-refractivity contribution in [1.82, 2.24) is 9.21 Å². The van der Waals surface area contributed by atoms with Crippen molar-refractivity contribution in [2.24, 2.45) is 4.99 Å². The lowest BCUT2D eigenvalue weighted by Gasteiger charge is -2.34. The molecule has 5 nitrogen and oxygen atoms in total. The molecule has 0 aromatic heterocycles. The van der Waals surface area contributed by atoms with Gasteiger partial charge in [0.15, 0.2) is 0 Å². The monoisotopic (exact) mass is 309 g/mol. The van der Waals surface area contributed by atoms with Crippen LogP contribution in [0.1, 0.15) is 6.92 Å². The summed E-state index contributed by atoms with van der Waals surface area (Å²) in [6.45, 7) is 7.90. The molecule has 1 fully saturated rings. The molecule has 0 atom stereocenters. The van der Waals surface area contributed by atoms with Gasteiger partial charge < -0.3 is 4.90 Å². The van der Waals surface area contributed by atoms with Gasteiger partial charge >= 0.3 is 0 Å². The summed E-state index contributed by atoms with van der Waals surface area (Å²) in [7, 11) is -3.06. The average molecular weight is 310 g/mol. The van der Waals surface area contributed by atoms with Gasteiger partial charge in [-0.1, -0.05) is 6.58 Å². The highest BCUT2D eigenvalue weighted by atomic mass is 79.9. The Bertz CT molecular complexity index is 397. The number of nitrogens with zero attached hydrogens (tertiary/aromatic N) is 3. The van der Waals surface area contributed by atoms with E-state index >= 15 is 0 Å². The van der Waals surface area contributed by atoms with Gasteiger partial charge in [0, 0.05) is 26.2 Å². The molecule has 92 valence electrons. The smallest absolute Gasteiger partial charge is 0.211 e. The maximum atomic E-state index is 11.3. The Morgan fingerprint density at radius 2 is 1.81 bits per heavy atom. The molecule has 7 heteroatoms. The molecule has 1 aliphatic heterocycles. The lowest BCUT2D eigenvalue weighted by Crippen LogP contribution is -2.49. The first-order valence-corrected chi connectivity index (χ1v) is 7.54. The van der Waals surface area contributed by atoms with Crippen LogP contribution >= 0.6 is 15.9 Å². The molecule has 1 saturated heterocycles. The highest BCUT2D eigenvalue weighted by Crippen LogP contribution is 2.09. The lowest BCUT2D eigenvalue weighted by atomic mass is 10.3. The summed E-state index contributed by atoms with van der Waals surface area (Å²) in [6.07, 6.45) is 1.24. The molecule has 1 aliphatic rings. The van der Waals surface area contributed by atoms with Crippen LogP contribution in [0.2, 0.25) is 0 Å². The molecule has 0 bridgehead atoms. The maximum Gasteiger partial charge on any atom is 0.211 e. The van der Waals surface area contributed by atoms with Gasteiger partial charge in [-0.2, -0.15) is 4.31 Å². The second-order valence-electron chi connectivity index (χ2n) is 3.68. The number of rotatable bonds is 2. The maximum absolute atomic E-state index is 11.3. The summed E-state index contributed by atoms with van der Waals surface area (Å²) in [4.78, 5) is 6.23. The quantitative estimate of drug-likeness (QED) is 0.432. The minimum Gasteiger partial charge on any atom is -0.358 e. The summed E-state index contributed by atoms with van der Waals surface area (Å²) in [5.41, 5.74) is 0. The molecule has 1 rings (SSSR count). The second-order valence-corrected chi connectivity index (χ2v) is 6.58. The number of amidine groups is 1. The fraction of sp³-hybridized carbons (Fsp3) is 0.667. The minimum absolute atomic E-state index is 0.514. The van der Waals surface area contributed by atoms with Gasteiger partial charge in [-0.3, -0.25) is 0 Å². The topological polar surface area (TPSA) is 53.0 Å². The number of sulfonamides is 1. The van der Waals surface area contributed by atoms with Crippen molar-refractivity contribution in [3.63, 3.8) is 0 Å². The van der Waals surface area contributed by atoms with Crippen molar-refractivity contribution in [3.8, 4) is 0 Å². The Morgan fingerprint density at radius 1 is 1.31 bits per heavy atom. The molecule has 0 saturated carbocycles. The third-order valence-electron chi connectivity index (χ3n) is 2.45. The number of piperazine rings is 1. The molecule has 0 unspecified atom stereocenters. The van der Waals surface area contributed by atoms with Gasteiger partial charge in [0.25, 0.3) is 0 Å². The van der Waals surface area contributed by atoms with Crippen LogP contribution in [0.5, 0.6) is 0 Å². The fourth-order valence-corrected chi connectivity index (χ4v) is 2.67. The molecule has 0 aliphatic carbocycles. The molecular weight excluding hydrogens is 294 g/mol. The van der Waals surface area contributed by atoms with E-state index in [0.717, 1.165) is 5.84 Å². The summed E-state index contributed by atoms with van der Waals surface area (Å²) in [5.74, 6) is 0.857. The molecule has 16 heavy (non-hydrogen) atoms. The van der Waals surface area contributed by atoms with Crippen molar-refractivity contribution in [2.75, 3.05) is 32.4 Å². The summed E-state index contributed by atoms with van der Waals surface area (Å²) < 4.78 is 24.7. The molecule has 0 radical (unpaired) electrons. The molecule has 0 amide bonds. The zero-order chi connectivity index (χ0) is 12.3. The zero-order valence-corrected chi connectivity index (χ0v) is 11.9. The van der Waals surface area contributed by atoms with Crippen molar-refractivity contribution in [3.05, 3.63) is 11.2 Å². The van der Waals surface area contributed by atoms with Crippen LogP contribution in [0.3, 0.4) is 0 Å². The van der Waals surface area contributed by atoms with Crippen LogP contribution in [0.4, 0.5) is 0 Å². The van der Waals surface area contributed by atoms with Crippen LogP contribution in [0, 0.1) is 0 Å². The third-order valence-corrected chi connectivity index (χ3v) is 3.93. The van der Waals surface area contributed by atoms with Crippen molar-refractivity contribution in [2.45, 2.75) is 6.92 Å². The summed E-state index contributed by atoms with van der Waals surface area (Å²) >= 11 is 3.17. The molecule has 1 heterocycles. The summed E-state index contributed by atoms with van der Waals surface area (Å²) in [6, 6.07) is 0. The van der Waals surface area contributed by atoms with Crippen LogP contribution in [0.25, 0.3) is 0 Å². The van der Waals surface area contributed by atoms with E-state index in [1.54, 1.807) is 0 Å². The first-order valence-electron chi connectivity index (χ1n) is 4.90. The van der Waals surface area contributed by atoms with E-state index < -0.39 is 10.0 Å². The Morgan fingerprint density at radius 3 is 2.19 bits per heavy atom. The van der Waals surface area contributed by atoms with Gasteiger partial charge in [0.05, 0.1) is 6.26 Å². The number of aliphatic imine (C=N–C) groups is 1. The molecular formula is C9H16BrN3O2S. The van der Waals surface area contributed by atoms with Gasteiger partial charge in [0.2, 0.25) is 10.0 Å². The molecule has 0 spiro atoms. The molecule has 0 N–H and O–H groups in total. The van der Waals surface area contributed by atoms with E-state index in [4.69, 9.17) is 0 Å². The Kier molecular flexibility index (Phi) is 4.52. The predicted molar refractivity (Wildman–Crippen MR) is 69.2 cm³/mol. The second kappa shape index (κ2) is 5.29. The van der Waals surface area contributed by atoms with E-state index in [0.29, 0.717) is 30.8 Å². The van der Waals surface area contributed by atoms with Crippen LogP contribution in [-0.4, -0.2) is 55.9 Å². The van der Waals surface area contributed by atoms with Crippen LogP contribution < -0.4 is 0 Å². The standard InChI is InChI=1S/C9H16BrN3O2S/c1-8(10)11-9(2)12-4-6-13(7-5-12)16(3,14)15/h1,4-7H2,2-3H3/b11-9+. The van der Waals surface area contributed by atoms with Crippen LogP contribution in [-0.2, 0) is 10.0 Å². The highest BCUT2D eigenvalue weighted by Gasteiger charge is 2.23. The first kappa shape index (κ1) is 13.7. The van der Waals surface area contributed by atoms with Gasteiger partial charge in [-0.15, -0.1) is 0 Å². The van der Waals surface area contributed by atoms with Crippen LogP contribution in [0.15, 0.2) is 16.2 Å².